The minimum absolute atomic E-state index is 0.150. The van der Waals surface area contributed by atoms with Gasteiger partial charge in [-0.15, -0.1) is 0 Å². The van der Waals surface area contributed by atoms with Gasteiger partial charge in [0, 0.05) is 10.9 Å². The van der Waals surface area contributed by atoms with E-state index in [1.54, 1.807) is 0 Å². The Hall–Kier alpha value is -0.670. The summed E-state index contributed by atoms with van der Waals surface area (Å²) < 4.78 is 12.9. The minimum Gasteiger partial charge on any atom is -0.313 e. The fourth-order valence-electron chi connectivity index (χ4n) is 3.11. The van der Waals surface area contributed by atoms with Crippen molar-refractivity contribution in [2.45, 2.75) is 75.0 Å². The van der Waals surface area contributed by atoms with Crippen LogP contribution in [-0.2, 0) is 16.2 Å². The first-order chi connectivity index (χ1) is 9.93. The van der Waals surface area contributed by atoms with Gasteiger partial charge in [0.2, 0.25) is 0 Å². The van der Waals surface area contributed by atoms with E-state index < -0.39 is 10.8 Å². The fraction of sp³-hybridized carbons (Fsp3) is 0.667. The van der Waals surface area contributed by atoms with Crippen LogP contribution in [0.5, 0.6) is 0 Å². The summed E-state index contributed by atoms with van der Waals surface area (Å²) in [4.78, 5) is 0.984. The first-order valence-corrected chi connectivity index (χ1v) is 9.39. The number of hydrogen-bond acceptors (Lipinski definition) is 2. The highest BCUT2D eigenvalue weighted by molar-refractivity contribution is 7.85. The average Bonchev–Trinajstić information content (AvgIpc) is 2.47. The maximum absolute atomic E-state index is 12.9. The molecule has 0 bridgehead atoms. The topological polar surface area (TPSA) is 29.1 Å². The highest BCUT2D eigenvalue weighted by Crippen LogP contribution is 2.28. The van der Waals surface area contributed by atoms with E-state index in [4.69, 9.17) is 0 Å². The van der Waals surface area contributed by atoms with Gasteiger partial charge in [0.25, 0.3) is 0 Å². The van der Waals surface area contributed by atoms with E-state index in [1.165, 1.54) is 18.4 Å². The van der Waals surface area contributed by atoms with Gasteiger partial charge >= 0.3 is 0 Å². The lowest BCUT2D eigenvalue weighted by atomic mass is 9.87. The maximum Gasteiger partial charge on any atom is 0.0576 e. The van der Waals surface area contributed by atoms with E-state index in [2.05, 4.69) is 57.3 Å². The Kier molecular flexibility index (Phi) is 5.61. The van der Waals surface area contributed by atoms with Gasteiger partial charge in [0.1, 0.15) is 0 Å². The molecule has 0 aliphatic heterocycles. The molecule has 1 N–H and O–H groups in total. The summed E-state index contributed by atoms with van der Waals surface area (Å²) in [6.07, 6.45) is 4.70. The molecule has 1 aliphatic rings. The molecule has 1 fully saturated rings. The van der Waals surface area contributed by atoms with Crippen molar-refractivity contribution in [3.8, 4) is 0 Å². The monoisotopic (exact) mass is 307 g/mol. The molecular weight excluding hydrogens is 278 g/mol. The van der Waals surface area contributed by atoms with Gasteiger partial charge in [0.15, 0.2) is 0 Å². The lowest BCUT2D eigenvalue weighted by Crippen LogP contribution is -2.44. The van der Waals surface area contributed by atoms with Gasteiger partial charge in [-0.25, -0.2) is 0 Å². The molecule has 1 aliphatic carbocycles. The Morgan fingerprint density at radius 2 is 1.76 bits per heavy atom. The third-order valence-corrected chi connectivity index (χ3v) is 6.25. The van der Waals surface area contributed by atoms with Gasteiger partial charge in [-0.1, -0.05) is 52.7 Å². The number of rotatable bonds is 4. The van der Waals surface area contributed by atoms with Gasteiger partial charge in [-0.3, -0.25) is 4.21 Å². The van der Waals surface area contributed by atoms with Gasteiger partial charge in [-0.05, 0) is 42.5 Å². The zero-order chi connectivity index (χ0) is 15.5. The first-order valence-electron chi connectivity index (χ1n) is 8.18. The van der Waals surface area contributed by atoms with Gasteiger partial charge in [-0.2, -0.15) is 0 Å². The molecule has 0 heterocycles. The lowest BCUT2D eigenvalue weighted by molar-refractivity contribution is 0.385. The molecule has 3 atom stereocenters. The summed E-state index contributed by atoms with van der Waals surface area (Å²) in [5, 5.41) is 3.79. The molecule has 2 nitrogen and oxygen atoms in total. The van der Waals surface area contributed by atoms with Gasteiger partial charge in [0.05, 0.1) is 16.0 Å². The minimum atomic E-state index is -0.899. The number of benzene rings is 1. The molecule has 0 radical (unpaired) electrons. The van der Waals surface area contributed by atoms with E-state index in [0.717, 1.165) is 24.3 Å². The van der Waals surface area contributed by atoms with Crippen molar-refractivity contribution in [3.63, 3.8) is 0 Å². The van der Waals surface area contributed by atoms with Crippen molar-refractivity contribution < 1.29 is 4.21 Å². The van der Waals surface area contributed by atoms with E-state index >= 15 is 0 Å². The standard InChI is InChI=1S/C18H29NOS/c1-5-19-16-8-6-7-9-17(16)21(20)15-12-10-14(11-13-15)18(2,3)4/h10-13,16-17,19H,5-9H2,1-4H3. The average molecular weight is 308 g/mol. The van der Waals surface area contributed by atoms with Crippen LogP contribution in [0.25, 0.3) is 0 Å². The quantitative estimate of drug-likeness (QED) is 0.910. The van der Waals surface area contributed by atoms with Crippen LogP contribution in [0.3, 0.4) is 0 Å². The molecule has 3 heteroatoms. The second kappa shape index (κ2) is 7.06. The molecule has 0 saturated heterocycles. The SMILES string of the molecule is CCNC1CCCCC1S(=O)c1ccc(C(C)(C)C)cc1. The summed E-state index contributed by atoms with van der Waals surface area (Å²) in [6.45, 7) is 9.72. The van der Waals surface area contributed by atoms with Crippen LogP contribution in [-0.4, -0.2) is 22.0 Å². The zero-order valence-electron chi connectivity index (χ0n) is 13.8. The molecule has 0 amide bonds. The van der Waals surface area contributed by atoms with Crippen LogP contribution in [0.2, 0.25) is 0 Å². The second-order valence-electron chi connectivity index (χ2n) is 7.06. The van der Waals surface area contributed by atoms with Crippen molar-refractivity contribution in [2.75, 3.05) is 6.54 Å². The maximum atomic E-state index is 12.9. The van der Waals surface area contributed by atoms with Crippen LogP contribution >= 0.6 is 0 Å². The van der Waals surface area contributed by atoms with Gasteiger partial charge < -0.3 is 5.32 Å². The second-order valence-corrected chi connectivity index (χ2v) is 8.73. The largest absolute Gasteiger partial charge is 0.313 e. The predicted octanol–water partition coefficient (Wildman–Crippen LogP) is 4.01. The van der Waals surface area contributed by atoms with Crippen LogP contribution in [0.1, 0.15) is 58.9 Å². The Morgan fingerprint density at radius 1 is 1.14 bits per heavy atom. The number of hydrogen-bond donors (Lipinski definition) is 1. The highest BCUT2D eigenvalue weighted by atomic mass is 32.2. The molecular formula is C18H29NOS. The van der Waals surface area contributed by atoms with Crippen molar-refractivity contribution in [1.82, 2.24) is 5.32 Å². The fourth-order valence-corrected chi connectivity index (χ4v) is 4.78. The third kappa shape index (κ3) is 4.17. The molecule has 2 rings (SSSR count). The van der Waals surface area contributed by atoms with Crippen molar-refractivity contribution in [1.29, 1.82) is 0 Å². The van der Waals surface area contributed by atoms with Crippen LogP contribution < -0.4 is 5.32 Å². The molecule has 21 heavy (non-hydrogen) atoms. The third-order valence-electron chi connectivity index (χ3n) is 4.40. The van der Waals surface area contributed by atoms with Crippen molar-refractivity contribution in [3.05, 3.63) is 29.8 Å². The molecule has 3 unspecified atom stereocenters. The van der Waals surface area contributed by atoms with E-state index in [0.29, 0.717) is 6.04 Å². The van der Waals surface area contributed by atoms with E-state index in [1.807, 2.05) is 0 Å². The molecule has 1 aromatic rings. The molecule has 1 saturated carbocycles. The molecule has 118 valence electrons. The van der Waals surface area contributed by atoms with Crippen LogP contribution in [0.4, 0.5) is 0 Å². The lowest BCUT2D eigenvalue weighted by Gasteiger charge is -2.31. The summed E-state index contributed by atoms with van der Waals surface area (Å²) in [6, 6.07) is 8.81. The van der Waals surface area contributed by atoms with E-state index in [-0.39, 0.29) is 10.7 Å². The molecule has 0 aromatic heterocycles. The summed E-state index contributed by atoms with van der Waals surface area (Å²) >= 11 is 0. The highest BCUT2D eigenvalue weighted by Gasteiger charge is 2.30. The Labute approximate surface area is 132 Å². The summed E-state index contributed by atoms with van der Waals surface area (Å²) in [7, 11) is -0.899. The Morgan fingerprint density at radius 3 is 2.33 bits per heavy atom. The van der Waals surface area contributed by atoms with Crippen molar-refractivity contribution in [2.24, 2.45) is 0 Å². The molecule has 0 spiro atoms. The zero-order valence-corrected chi connectivity index (χ0v) is 14.6. The first kappa shape index (κ1) is 16.7. The van der Waals surface area contributed by atoms with Crippen LogP contribution in [0, 0.1) is 0 Å². The summed E-state index contributed by atoms with van der Waals surface area (Å²) in [5.41, 5.74) is 1.45. The Bertz CT molecular complexity index is 473. The van der Waals surface area contributed by atoms with Crippen molar-refractivity contribution >= 4 is 10.8 Å². The smallest absolute Gasteiger partial charge is 0.0576 e. The van der Waals surface area contributed by atoms with Crippen LogP contribution in [0.15, 0.2) is 29.2 Å². The molecule has 1 aromatic carbocycles. The Balaban J connectivity index is 2.14. The predicted molar refractivity (Wildman–Crippen MR) is 91.3 cm³/mol. The number of nitrogens with one attached hydrogen (secondary N) is 1. The van der Waals surface area contributed by atoms with E-state index in [9.17, 15) is 4.21 Å². The normalized spacial score (nSPS) is 24.8. The summed E-state index contributed by atoms with van der Waals surface area (Å²) in [5.74, 6) is 0.